The van der Waals surface area contributed by atoms with Gasteiger partial charge in [0.05, 0.1) is 6.61 Å². The van der Waals surface area contributed by atoms with Gasteiger partial charge in [-0.1, -0.05) is 6.42 Å². The van der Waals surface area contributed by atoms with Crippen LogP contribution in [0.15, 0.2) is 0 Å². The largest absolute Gasteiger partial charge is 0.465 e. The summed E-state index contributed by atoms with van der Waals surface area (Å²) >= 11 is 0. The highest BCUT2D eigenvalue weighted by molar-refractivity contribution is 5.75. The van der Waals surface area contributed by atoms with Gasteiger partial charge >= 0.3 is 5.97 Å². The Kier molecular flexibility index (Phi) is 4.35. The van der Waals surface area contributed by atoms with Crippen molar-refractivity contribution in [2.45, 2.75) is 38.3 Å². The maximum Gasteiger partial charge on any atom is 0.324 e. The number of likely N-dealkylation sites (N-methyl/N-ethyl adjacent to an activating group) is 1. The summed E-state index contributed by atoms with van der Waals surface area (Å²) in [6.45, 7) is 2.80. The lowest BCUT2D eigenvalue weighted by atomic mass is 9.91. The van der Waals surface area contributed by atoms with Crippen molar-refractivity contribution in [3.8, 4) is 0 Å². The van der Waals surface area contributed by atoms with Crippen LogP contribution in [0, 0.1) is 0 Å². The molecule has 0 aromatic carbocycles. The molecule has 14 heavy (non-hydrogen) atoms. The predicted molar refractivity (Wildman–Crippen MR) is 54.9 cm³/mol. The highest BCUT2D eigenvalue weighted by Crippen LogP contribution is 2.23. The summed E-state index contributed by atoms with van der Waals surface area (Å²) in [5.41, 5.74) is 5.70. The maximum absolute atomic E-state index is 11.2. The normalized spacial score (nSPS) is 19.1. The van der Waals surface area contributed by atoms with Crippen LogP contribution in [0.5, 0.6) is 0 Å². The van der Waals surface area contributed by atoms with E-state index in [9.17, 15) is 4.79 Å². The number of carbonyl (C=O) groups is 1. The molecule has 0 spiro atoms. The average Bonchev–Trinajstić information content (AvgIpc) is 2.00. The summed E-state index contributed by atoms with van der Waals surface area (Å²) in [5.74, 6) is -0.293. The van der Waals surface area contributed by atoms with Gasteiger partial charge in [0.1, 0.15) is 6.04 Å². The number of hydrogen-bond donors (Lipinski definition) is 1. The van der Waals surface area contributed by atoms with Crippen molar-refractivity contribution in [2.24, 2.45) is 5.73 Å². The van der Waals surface area contributed by atoms with Gasteiger partial charge in [-0.25, -0.2) is 0 Å². The first-order chi connectivity index (χ1) is 6.65. The Morgan fingerprint density at radius 2 is 2.29 bits per heavy atom. The molecular weight excluding hydrogens is 180 g/mol. The molecule has 0 bridgehead atoms. The predicted octanol–water partition coefficient (Wildman–Crippen LogP) is 0.361. The molecule has 0 aromatic heterocycles. The molecule has 1 fully saturated rings. The Morgan fingerprint density at radius 1 is 1.64 bits per heavy atom. The van der Waals surface area contributed by atoms with Crippen molar-refractivity contribution in [1.82, 2.24) is 4.90 Å². The summed E-state index contributed by atoms with van der Waals surface area (Å²) < 4.78 is 4.85. The Hall–Kier alpha value is -0.610. The SMILES string of the molecule is CCOC(=O)C(N)CN(C)C1CCC1. The van der Waals surface area contributed by atoms with E-state index in [0.29, 0.717) is 19.2 Å². The molecule has 1 aliphatic rings. The molecular formula is C10H20N2O2. The second-order valence-electron chi connectivity index (χ2n) is 3.88. The zero-order chi connectivity index (χ0) is 10.6. The average molecular weight is 200 g/mol. The van der Waals surface area contributed by atoms with Crippen LogP contribution in [-0.2, 0) is 9.53 Å². The Morgan fingerprint density at radius 3 is 2.71 bits per heavy atom. The van der Waals surface area contributed by atoms with E-state index < -0.39 is 6.04 Å². The molecule has 0 saturated heterocycles. The highest BCUT2D eigenvalue weighted by atomic mass is 16.5. The summed E-state index contributed by atoms with van der Waals surface area (Å²) in [4.78, 5) is 13.4. The Bertz CT molecular complexity index is 193. The van der Waals surface area contributed by atoms with E-state index in [0.717, 1.165) is 0 Å². The molecule has 4 heteroatoms. The van der Waals surface area contributed by atoms with Crippen molar-refractivity contribution in [3.05, 3.63) is 0 Å². The van der Waals surface area contributed by atoms with Crippen molar-refractivity contribution in [1.29, 1.82) is 0 Å². The van der Waals surface area contributed by atoms with Crippen molar-refractivity contribution in [2.75, 3.05) is 20.2 Å². The van der Waals surface area contributed by atoms with Crippen LogP contribution in [0.4, 0.5) is 0 Å². The number of ether oxygens (including phenoxy) is 1. The lowest BCUT2D eigenvalue weighted by molar-refractivity contribution is -0.145. The molecule has 82 valence electrons. The van der Waals surface area contributed by atoms with E-state index in [1.54, 1.807) is 6.92 Å². The molecule has 0 amide bonds. The van der Waals surface area contributed by atoms with E-state index in [1.165, 1.54) is 19.3 Å². The molecule has 1 rings (SSSR count). The first-order valence-corrected chi connectivity index (χ1v) is 5.27. The van der Waals surface area contributed by atoms with Crippen molar-refractivity contribution in [3.63, 3.8) is 0 Å². The van der Waals surface area contributed by atoms with Crippen LogP contribution in [0.1, 0.15) is 26.2 Å². The standard InChI is InChI=1S/C10H20N2O2/c1-3-14-10(13)9(11)7-12(2)8-5-4-6-8/h8-9H,3-7,11H2,1-2H3. The second kappa shape index (κ2) is 5.32. The molecule has 1 saturated carbocycles. The third kappa shape index (κ3) is 2.96. The number of nitrogens with zero attached hydrogens (tertiary/aromatic N) is 1. The molecule has 2 N–H and O–H groups in total. The van der Waals surface area contributed by atoms with Gasteiger partial charge < -0.3 is 15.4 Å². The maximum atomic E-state index is 11.2. The van der Waals surface area contributed by atoms with Crippen LogP contribution in [-0.4, -0.2) is 43.2 Å². The summed E-state index contributed by atoms with van der Waals surface area (Å²) in [6.07, 6.45) is 3.75. The molecule has 0 radical (unpaired) electrons. The molecule has 1 unspecified atom stereocenters. The van der Waals surface area contributed by atoms with E-state index >= 15 is 0 Å². The first kappa shape index (κ1) is 11.5. The van der Waals surface area contributed by atoms with Crippen molar-refractivity contribution >= 4 is 5.97 Å². The zero-order valence-electron chi connectivity index (χ0n) is 9.03. The fourth-order valence-corrected chi connectivity index (χ4v) is 1.61. The number of rotatable bonds is 5. The lowest BCUT2D eigenvalue weighted by Gasteiger charge is -2.35. The van der Waals surface area contributed by atoms with Gasteiger partial charge in [-0.05, 0) is 26.8 Å². The first-order valence-electron chi connectivity index (χ1n) is 5.27. The van der Waals surface area contributed by atoms with Gasteiger partial charge in [0.15, 0.2) is 0 Å². The van der Waals surface area contributed by atoms with Crippen LogP contribution >= 0.6 is 0 Å². The van der Waals surface area contributed by atoms with E-state index in [1.807, 2.05) is 7.05 Å². The topological polar surface area (TPSA) is 55.6 Å². The third-order valence-corrected chi connectivity index (χ3v) is 2.77. The number of carbonyl (C=O) groups excluding carboxylic acids is 1. The van der Waals surface area contributed by atoms with Gasteiger partial charge in [-0.2, -0.15) is 0 Å². The molecule has 0 heterocycles. The van der Waals surface area contributed by atoms with Crippen LogP contribution in [0.3, 0.4) is 0 Å². The monoisotopic (exact) mass is 200 g/mol. The van der Waals surface area contributed by atoms with Crippen LogP contribution in [0.2, 0.25) is 0 Å². The van der Waals surface area contributed by atoms with Gasteiger partial charge in [0, 0.05) is 12.6 Å². The minimum atomic E-state index is -0.499. The molecule has 4 nitrogen and oxygen atoms in total. The fourth-order valence-electron chi connectivity index (χ4n) is 1.61. The van der Waals surface area contributed by atoms with Crippen molar-refractivity contribution < 1.29 is 9.53 Å². The highest BCUT2D eigenvalue weighted by Gasteiger charge is 2.25. The van der Waals surface area contributed by atoms with Gasteiger partial charge in [-0.3, -0.25) is 4.79 Å². The lowest BCUT2D eigenvalue weighted by Crippen LogP contribution is -2.47. The number of hydrogen-bond acceptors (Lipinski definition) is 4. The molecule has 1 atom stereocenters. The Labute approximate surface area is 85.4 Å². The smallest absolute Gasteiger partial charge is 0.324 e. The second-order valence-corrected chi connectivity index (χ2v) is 3.88. The molecule has 0 aromatic rings. The van der Waals surface area contributed by atoms with Crippen LogP contribution in [0.25, 0.3) is 0 Å². The summed E-state index contributed by atoms with van der Waals surface area (Å²) in [5, 5.41) is 0. The molecule has 1 aliphatic carbocycles. The fraction of sp³-hybridized carbons (Fsp3) is 0.900. The summed E-state index contributed by atoms with van der Waals surface area (Å²) in [7, 11) is 2.02. The number of nitrogens with two attached hydrogens (primary N) is 1. The third-order valence-electron chi connectivity index (χ3n) is 2.77. The number of esters is 1. The quantitative estimate of drug-likeness (QED) is 0.651. The zero-order valence-corrected chi connectivity index (χ0v) is 9.03. The summed E-state index contributed by atoms with van der Waals surface area (Å²) in [6, 6.07) is 0.121. The minimum Gasteiger partial charge on any atom is -0.465 e. The van der Waals surface area contributed by atoms with E-state index in [2.05, 4.69) is 4.90 Å². The van der Waals surface area contributed by atoms with Crippen LogP contribution < -0.4 is 5.73 Å². The van der Waals surface area contributed by atoms with Gasteiger partial charge in [0.2, 0.25) is 0 Å². The van der Waals surface area contributed by atoms with E-state index in [-0.39, 0.29) is 5.97 Å². The Balaban J connectivity index is 2.24. The minimum absolute atomic E-state index is 0.293. The van der Waals surface area contributed by atoms with Gasteiger partial charge in [0.25, 0.3) is 0 Å². The van der Waals surface area contributed by atoms with Gasteiger partial charge in [-0.15, -0.1) is 0 Å². The molecule has 0 aliphatic heterocycles. The van der Waals surface area contributed by atoms with E-state index in [4.69, 9.17) is 10.5 Å².